The number of ether oxygens (including phenoxy) is 2. The van der Waals surface area contributed by atoms with Gasteiger partial charge >= 0.3 is 5.97 Å². The normalized spacial score (nSPS) is 20.9. The maximum absolute atomic E-state index is 11.4. The van der Waals surface area contributed by atoms with Crippen LogP contribution in [0.15, 0.2) is 4.99 Å². The van der Waals surface area contributed by atoms with Crippen molar-refractivity contribution < 1.29 is 14.3 Å². The fourth-order valence-corrected chi connectivity index (χ4v) is 2.56. The number of hydrogen-bond acceptors (Lipinski definition) is 6. The first-order valence-corrected chi connectivity index (χ1v) is 6.73. The number of amidine groups is 1. The molecule has 2 atom stereocenters. The van der Waals surface area contributed by atoms with Gasteiger partial charge in [-0.25, -0.2) is 4.79 Å². The third-order valence-electron chi connectivity index (χ3n) is 2.56. The molecule has 0 bridgehead atoms. The molecule has 1 rings (SSSR count). The van der Waals surface area contributed by atoms with Crippen LogP contribution < -0.4 is 5.32 Å². The second-order valence-electron chi connectivity index (χ2n) is 3.81. The minimum Gasteiger partial charge on any atom is -0.467 e. The number of esters is 1. The summed E-state index contributed by atoms with van der Waals surface area (Å²) in [7, 11) is 3.09. The molecule has 0 saturated heterocycles. The van der Waals surface area contributed by atoms with Gasteiger partial charge in [0, 0.05) is 19.5 Å². The summed E-state index contributed by atoms with van der Waals surface area (Å²) in [5, 5.41) is 3.96. The van der Waals surface area contributed by atoms with Gasteiger partial charge in [0.05, 0.1) is 13.2 Å². The van der Waals surface area contributed by atoms with E-state index in [1.807, 2.05) is 6.92 Å². The van der Waals surface area contributed by atoms with E-state index >= 15 is 0 Å². The number of thioether (sulfide) groups is 1. The van der Waals surface area contributed by atoms with Gasteiger partial charge in [-0.2, -0.15) is 0 Å². The van der Waals surface area contributed by atoms with E-state index in [1.165, 1.54) is 7.11 Å². The highest BCUT2D eigenvalue weighted by Gasteiger charge is 2.23. The van der Waals surface area contributed by atoms with Crippen LogP contribution in [0.4, 0.5) is 0 Å². The first-order valence-electron chi connectivity index (χ1n) is 5.75. The van der Waals surface area contributed by atoms with Crippen LogP contribution in [0.2, 0.25) is 0 Å². The van der Waals surface area contributed by atoms with E-state index in [2.05, 4.69) is 10.3 Å². The van der Waals surface area contributed by atoms with Crippen LogP contribution in [0, 0.1) is 0 Å². The van der Waals surface area contributed by atoms with E-state index < -0.39 is 0 Å². The highest BCUT2D eigenvalue weighted by atomic mass is 32.2. The van der Waals surface area contributed by atoms with Crippen molar-refractivity contribution in [3.63, 3.8) is 0 Å². The molecule has 1 aliphatic rings. The molecule has 0 spiro atoms. The van der Waals surface area contributed by atoms with Crippen molar-refractivity contribution in [3.05, 3.63) is 0 Å². The number of aliphatic imine (C=N–C) groups is 1. The molecule has 0 aromatic heterocycles. The molecular weight excluding hydrogens is 240 g/mol. The summed E-state index contributed by atoms with van der Waals surface area (Å²) < 4.78 is 9.74. The monoisotopic (exact) mass is 260 g/mol. The molecule has 1 N–H and O–H groups in total. The largest absolute Gasteiger partial charge is 0.467 e. The molecular formula is C11H20N2O3S. The Hall–Kier alpha value is -0.750. The van der Waals surface area contributed by atoms with E-state index in [1.54, 1.807) is 18.9 Å². The number of rotatable bonds is 6. The van der Waals surface area contributed by atoms with Crippen LogP contribution in [0.5, 0.6) is 0 Å². The lowest BCUT2D eigenvalue weighted by Gasteiger charge is -2.14. The molecule has 0 fully saturated rings. The van der Waals surface area contributed by atoms with Gasteiger partial charge < -0.3 is 14.8 Å². The van der Waals surface area contributed by atoms with Crippen molar-refractivity contribution in [3.8, 4) is 0 Å². The maximum Gasteiger partial charge on any atom is 0.328 e. The van der Waals surface area contributed by atoms with E-state index in [4.69, 9.17) is 9.47 Å². The summed E-state index contributed by atoms with van der Waals surface area (Å²) >= 11 is 1.65. The van der Waals surface area contributed by atoms with Crippen molar-refractivity contribution in [2.75, 3.05) is 26.6 Å². The van der Waals surface area contributed by atoms with Gasteiger partial charge in [-0.15, -0.1) is 0 Å². The highest BCUT2D eigenvalue weighted by molar-refractivity contribution is 8.14. The van der Waals surface area contributed by atoms with E-state index in [-0.39, 0.29) is 18.1 Å². The van der Waals surface area contributed by atoms with Crippen LogP contribution in [-0.2, 0) is 14.3 Å². The second kappa shape index (κ2) is 7.55. The number of hydrogen-bond donors (Lipinski definition) is 1. The molecule has 17 heavy (non-hydrogen) atoms. The van der Waals surface area contributed by atoms with Crippen molar-refractivity contribution in [1.82, 2.24) is 5.32 Å². The van der Waals surface area contributed by atoms with Crippen molar-refractivity contribution >= 4 is 22.9 Å². The third kappa shape index (κ3) is 4.55. The Bertz CT molecular complexity index is 284. The van der Waals surface area contributed by atoms with Gasteiger partial charge in [-0.1, -0.05) is 18.7 Å². The number of carbonyl (C=O) groups excluding carboxylic acids is 1. The number of methoxy groups -OCH3 is 2. The van der Waals surface area contributed by atoms with Crippen molar-refractivity contribution in [1.29, 1.82) is 0 Å². The second-order valence-corrected chi connectivity index (χ2v) is 4.82. The van der Waals surface area contributed by atoms with Gasteiger partial charge in [-0.3, -0.25) is 4.99 Å². The van der Waals surface area contributed by atoms with Crippen molar-refractivity contribution in [2.45, 2.75) is 31.8 Å². The van der Waals surface area contributed by atoms with Crippen LogP contribution in [-0.4, -0.2) is 49.8 Å². The molecule has 0 radical (unpaired) electrons. The molecule has 0 saturated carbocycles. The molecule has 98 valence electrons. The van der Waals surface area contributed by atoms with Gasteiger partial charge in [0.25, 0.3) is 0 Å². The average Bonchev–Trinajstić information content (AvgIpc) is 2.80. The van der Waals surface area contributed by atoms with Gasteiger partial charge in [-0.05, 0) is 12.8 Å². The number of nitrogens with one attached hydrogen (secondary N) is 1. The average molecular weight is 260 g/mol. The number of nitrogens with zero attached hydrogens (tertiary/aromatic N) is 1. The standard InChI is InChI=1S/C11H20N2O3S/c1-4-9(10(14)16-3)13-11-12-8(7-17-11)5-6-15-2/h8-9H,4-7H2,1-3H3,(H,12,13). The fraction of sp³-hybridized carbons (Fsp3) is 0.818. The molecule has 1 heterocycles. The summed E-state index contributed by atoms with van der Waals surface area (Å²) in [6, 6.07) is -0.00923. The smallest absolute Gasteiger partial charge is 0.328 e. The Morgan fingerprint density at radius 2 is 2.41 bits per heavy atom. The third-order valence-corrected chi connectivity index (χ3v) is 3.61. The van der Waals surface area contributed by atoms with Gasteiger partial charge in [0.2, 0.25) is 0 Å². The molecule has 0 amide bonds. The Morgan fingerprint density at radius 1 is 1.65 bits per heavy atom. The molecule has 0 aliphatic carbocycles. The van der Waals surface area contributed by atoms with Crippen LogP contribution in [0.25, 0.3) is 0 Å². The minimum atomic E-state index is -0.299. The Morgan fingerprint density at radius 3 is 3.00 bits per heavy atom. The molecule has 0 aromatic rings. The van der Waals surface area contributed by atoms with Crippen LogP contribution in [0.3, 0.4) is 0 Å². The zero-order valence-electron chi connectivity index (χ0n) is 10.6. The lowest BCUT2D eigenvalue weighted by molar-refractivity contribution is -0.142. The molecule has 6 heteroatoms. The Kier molecular flexibility index (Phi) is 6.36. The molecule has 1 aliphatic heterocycles. The van der Waals surface area contributed by atoms with E-state index in [0.717, 1.165) is 23.9 Å². The van der Waals surface area contributed by atoms with E-state index in [9.17, 15) is 4.79 Å². The summed E-state index contributed by atoms with van der Waals surface area (Å²) in [4.78, 5) is 15.9. The van der Waals surface area contributed by atoms with E-state index in [0.29, 0.717) is 6.42 Å². The first kappa shape index (κ1) is 14.3. The molecule has 2 unspecified atom stereocenters. The predicted molar refractivity (Wildman–Crippen MR) is 69.4 cm³/mol. The molecule has 5 nitrogen and oxygen atoms in total. The zero-order valence-corrected chi connectivity index (χ0v) is 11.4. The SMILES string of the molecule is CCC(NC1=NC(CCOC)CS1)C(=O)OC. The minimum absolute atomic E-state index is 0.240. The van der Waals surface area contributed by atoms with Crippen LogP contribution in [0.1, 0.15) is 19.8 Å². The Labute approximate surface area is 106 Å². The number of carbonyl (C=O) groups is 1. The predicted octanol–water partition coefficient (Wildman–Crippen LogP) is 1.04. The maximum atomic E-state index is 11.4. The summed E-state index contributed by atoms with van der Waals surface area (Å²) in [6.45, 7) is 2.66. The highest BCUT2D eigenvalue weighted by Crippen LogP contribution is 2.19. The van der Waals surface area contributed by atoms with Gasteiger partial charge in [0.1, 0.15) is 6.04 Å². The quantitative estimate of drug-likeness (QED) is 0.723. The zero-order chi connectivity index (χ0) is 12.7. The van der Waals surface area contributed by atoms with Crippen LogP contribution >= 0.6 is 11.8 Å². The topological polar surface area (TPSA) is 59.9 Å². The summed E-state index contributed by atoms with van der Waals surface area (Å²) in [6.07, 6.45) is 1.61. The Balaban J connectivity index is 2.43. The lowest BCUT2D eigenvalue weighted by atomic mass is 10.2. The van der Waals surface area contributed by atoms with Crippen molar-refractivity contribution in [2.24, 2.45) is 4.99 Å². The summed E-state index contributed by atoms with van der Waals surface area (Å²) in [5.41, 5.74) is 0. The van der Waals surface area contributed by atoms with Gasteiger partial charge in [0.15, 0.2) is 5.17 Å². The summed E-state index contributed by atoms with van der Waals surface area (Å²) in [5.74, 6) is 0.708. The molecule has 0 aromatic carbocycles. The fourth-order valence-electron chi connectivity index (χ4n) is 1.52. The lowest BCUT2D eigenvalue weighted by Crippen LogP contribution is -2.39. The first-order chi connectivity index (χ1) is 8.21.